The first-order valence-corrected chi connectivity index (χ1v) is 10.9. The number of nitrogens with zero attached hydrogens (tertiary/aromatic N) is 5. The maximum Gasteiger partial charge on any atom is 0.227 e. The van der Waals surface area contributed by atoms with Crippen molar-refractivity contribution in [1.82, 2.24) is 19.8 Å². The maximum absolute atomic E-state index is 13.2. The first-order chi connectivity index (χ1) is 14.7. The van der Waals surface area contributed by atoms with E-state index in [2.05, 4.69) is 0 Å². The van der Waals surface area contributed by atoms with Crippen LogP contribution in [-0.4, -0.2) is 59.3 Å². The third-order valence-corrected chi connectivity index (χ3v) is 5.78. The van der Waals surface area contributed by atoms with E-state index in [1.165, 1.54) is 5.56 Å². The molecule has 3 rings (SSSR count). The molecule has 7 nitrogen and oxygen atoms in total. The molecule has 0 unspecified atom stereocenters. The molecule has 1 aromatic carbocycles. The van der Waals surface area contributed by atoms with Crippen molar-refractivity contribution in [3.63, 3.8) is 0 Å². The Morgan fingerprint density at radius 1 is 1.10 bits per heavy atom. The van der Waals surface area contributed by atoms with Crippen LogP contribution in [0.15, 0.2) is 30.3 Å². The van der Waals surface area contributed by atoms with Crippen LogP contribution < -0.4 is 4.90 Å². The SMILES string of the molecule is CC(=O)N(C)Cc1cc(N(C)C)nc([C@@H]2CCCCN2C(=O)Cc2ccc(C)cc2)n1. The van der Waals surface area contributed by atoms with Crippen LogP contribution in [0.5, 0.6) is 0 Å². The summed E-state index contributed by atoms with van der Waals surface area (Å²) in [5.74, 6) is 1.54. The fourth-order valence-corrected chi connectivity index (χ4v) is 3.80. The number of piperidine rings is 1. The molecule has 1 aliphatic rings. The lowest BCUT2D eigenvalue weighted by Crippen LogP contribution is -2.40. The summed E-state index contributed by atoms with van der Waals surface area (Å²) in [6, 6.07) is 9.88. The Kier molecular flexibility index (Phi) is 7.25. The molecule has 31 heavy (non-hydrogen) atoms. The molecule has 1 aromatic heterocycles. The van der Waals surface area contributed by atoms with Crippen molar-refractivity contribution in [1.29, 1.82) is 0 Å². The van der Waals surface area contributed by atoms with Crippen LogP contribution in [0.4, 0.5) is 5.82 Å². The van der Waals surface area contributed by atoms with Gasteiger partial charge in [-0.25, -0.2) is 9.97 Å². The number of benzene rings is 1. The largest absolute Gasteiger partial charge is 0.363 e. The minimum absolute atomic E-state index is 0.0147. The molecule has 0 radical (unpaired) electrons. The predicted octanol–water partition coefficient (Wildman–Crippen LogP) is 3.13. The molecule has 1 aliphatic heterocycles. The van der Waals surface area contributed by atoms with Crippen molar-refractivity contribution in [3.8, 4) is 0 Å². The number of hydrogen-bond donors (Lipinski definition) is 0. The highest BCUT2D eigenvalue weighted by Gasteiger charge is 2.30. The predicted molar refractivity (Wildman–Crippen MR) is 122 cm³/mol. The lowest BCUT2D eigenvalue weighted by atomic mass is 9.99. The molecule has 2 aromatic rings. The smallest absolute Gasteiger partial charge is 0.227 e. The van der Waals surface area contributed by atoms with Crippen LogP contribution in [-0.2, 0) is 22.6 Å². The molecule has 0 saturated carbocycles. The maximum atomic E-state index is 13.2. The molecule has 0 bridgehead atoms. The van der Waals surface area contributed by atoms with Gasteiger partial charge in [-0.15, -0.1) is 0 Å². The van der Waals surface area contributed by atoms with Crippen molar-refractivity contribution in [3.05, 3.63) is 53.0 Å². The molecular formula is C24H33N5O2. The van der Waals surface area contributed by atoms with Crippen LogP contribution in [0, 0.1) is 6.92 Å². The van der Waals surface area contributed by atoms with E-state index in [4.69, 9.17) is 9.97 Å². The summed E-state index contributed by atoms with van der Waals surface area (Å²) >= 11 is 0. The summed E-state index contributed by atoms with van der Waals surface area (Å²) < 4.78 is 0. The Bertz CT molecular complexity index is 926. The molecule has 1 saturated heterocycles. The minimum atomic E-state index is -0.145. The summed E-state index contributed by atoms with van der Waals surface area (Å²) in [4.78, 5) is 40.0. The normalized spacial score (nSPS) is 16.2. The van der Waals surface area contributed by atoms with E-state index in [1.54, 1.807) is 18.9 Å². The number of carbonyl (C=O) groups is 2. The molecule has 2 amide bonds. The highest BCUT2D eigenvalue weighted by Crippen LogP contribution is 2.31. The topological polar surface area (TPSA) is 69.6 Å². The van der Waals surface area contributed by atoms with Crippen LogP contribution in [0.2, 0.25) is 0 Å². The van der Waals surface area contributed by atoms with Gasteiger partial charge in [-0.05, 0) is 31.7 Å². The van der Waals surface area contributed by atoms with Gasteiger partial charge in [-0.2, -0.15) is 0 Å². The molecule has 1 fully saturated rings. The van der Waals surface area contributed by atoms with Gasteiger partial charge in [0.15, 0.2) is 5.82 Å². The molecular weight excluding hydrogens is 390 g/mol. The van der Waals surface area contributed by atoms with E-state index in [0.717, 1.165) is 36.3 Å². The average molecular weight is 424 g/mol. The van der Waals surface area contributed by atoms with Crippen molar-refractivity contribution in [2.45, 2.75) is 52.1 Å². The number of likely N-dealkylation sites (tertiary alicyclic amines) is 1. The van der Waals surface area contributed by atoms with Gasteiger partial charge in [0.2, 0.25) is 11.8 Å². The zero-order valence-electron chi connectivity index (χ0n) is 19.3. The fourth-order valence-electron chi connectivity index (χ4n) is 3.80. The Balaban J connectivity index is 1.88. The van der Waals surface area contributed by atoms with E-state index in [0.29, 0.717) is 25.3 Å². The lowest BCUT2D eigenvalue weighted by molar-refractivity contribution is -0.134. The summed E-state index contributed by atoms with van der Waals surface area (Å²) in [5.41, 5.74) is 2.98. The fraction of sp³-hybridized carbons (Fsp3) is 0.500. The number of aromatic nitrogens is 2. The van der Waals surface area contributed by atoms with Gasteiger partial charge in [0.05, 0.1) is 24.7 Å². The Morgan fingerprint density at radius 3 is 2.45 bits per heavy atom. The number of rotatable bonds is 6. The van der Waals surface area contributed by atoms with Crippen LogP contribution >= 0.6 is 0 Å². The van der Waals surface area contributed by atoms with Crippen molar-refractivity contribution >= 4 is 17.6 Å². The Labute approximate surface area is 185 Å². The lowest BCUT2D eigenvalue weighted by Gasteiger charge is -2.35. The van der Waals surface area contributed by atoms with Gasteiger partial charge in [0, 0.05) is 40.7 Å². The molecule has 2 heterocycles. The van der Waals surface area contributed by atoms with Gasteiger partial charge in [0.1, 0.15) is 5.82 Å². The van der Waals surface area contributed by atoms with Crippen LogP contribution in [0.1, 0.15) is 54.9 Å². The van der Waals surface area contributed by atoms with Gasteiger partial charge in [-0.3, -0.25) is 9.59 Å². The van der Waals surface area contributed by atoms with E-state index in [1.807, 2.05) is 61.2 Å². The second-order valence-electron chi connectivity index (χ2n) is 8.61. The highest BCUT2D eigenvalue weighted by atomic mass is 16.2. The third-order valence-electron chi connectivity index (χ3n) is 5.78. The van der Waals surface area contributed by atoms with E-state index in [-0.39, 0.29) is 17.9 Å². The Hall–Kier alpha value is -2.96. The second kappa shape index (κ2) is 9.90. The van der Waals surface area contributed by atoms with Gasteiger partial charge >= 0.3 is 0 Å². The minimum Gasteiger partial charge on any atom is -0.363 e. The number of amides is 2. The molecule has 7 heteroatoms. The van der Waals surface area contributed by atoms with E-state index in [9.17, 15) is 9.59 Å². The number of carbonyl (C=O) groups excluding carboxylic acids is 2. The summed E-state index contributed by atoms with van der Waals surface area (Å²) in [5, 5.41) is 0. The molecule has 166 valence electrons. The molecule has 0 spiro atoms. The molecule has 0 N–H and O–H groups in total. The van der Waals surface area contributed by atoms with Gasteiger partial charge in [-0.1, -0.05) is 29.8 Å². The average Bonchev–Trinajstić information content (AvgIpc) is 2.75. The molecule has 0 aliphatic carbocycles. The van der Waals surface area contributed by atoms with Crippen molar-refractivity contribution in [2.24, 2.45) is 0 Å². The standard InChI is InChI=1S/C24H33N5O2/c1-17-9-11-19(12-10-17)14-23(31)29-13-7-6-8-21(29)24-25-20(16-28(5)18(2)30)15-22(26-24)27(3)4/h9-12,15,21H,6-8,13-14,16H2,1-5H3/t21-/m0/s1. The monoisotopic (exact) mass is 423 g/mol. The third kappa shape index (κ3) is 5.81. The first-order valence-electron chi connectivity index (χ1n) is 10.9. The number of hydrogen-bond acceptors (Lipinski definition) is 5. The summed E-state index contributed by atoms with van der Waals surface area (Å²) in [7, 11) is 5.63. The van der Waals surface area contributed by atoms with Crippen LogP contribution in [0.25, 0.3) is 0 Å². The number of aryl methyl sites for hydroxylation is 1. The first kappa shape index (κ1) is 22.7. The molecule has 1 atom stereocenters. The Morgan fingerprint density at radius 2 is 1.81 bits per heavy atom. The summed E-state index contributed by atoms with van der Waals surface area (Å²) in [6.07, 6.45) is 3.25. The quantitative estimate of drug-likeness (QED) is 0.714. The van der Waals surface area contributed by atoms with Gasteiger partial charge in [0.25, 0.3) is 0 Å². The zero-order chi connectivity index (χ0) is 22.5. The highest BCUT2D eigenvalue weighted by molar-refractivity contribution is 5.79. The van der Waals surface area contributed by atoms with Crippen molar-refractivity contribution < 1.29 is 9.59 Å². The second-order valence-corrected chi connectivity index (χ2v) is 8.61. The van der Waals surface area contributed by atoms with Gasteiger partial charge < -0.3 is 14.7 Å². The van der Waals surface area contributed by atoms with Crippen LogP contribution in [0.3, 0.4) is 0 Å². The summed E-state index contributed by atoms with van der Waals surface area (Å²) in [6.45, 7) is 4.72. The number of anilines is 1. The van der Waals surface area contributed by atoms with Crippen molar-refractivity contribution in [2.75, 3.05) is 32.6 Å². The van der Waals surface area contributed by atoms with E-state index < -0.39 is 0 Å². The zero-order valence-corrected chi connectivity index (χ0v) is 19.3. The van der Waals surface area contributed by atoms with E-state index >= 15 is 0 Å².